The lowest BCUT2D eigenvalue weighted by atomic mass is 10.1. The topological polar surface area (TPSA) is 33.6 Å². The van der Waals surface area contributed by atoms with E-state index in [4.69, 9.17) is 4.74 Å². The van der Waals surface area contributed by atoms with E-state index >= 15 is 0 Å². The molecule has 0 aromatic heterocycles. The van der Waals surface area contributed by atoms with Gasteiger partial charge >= 0.3 is 0 Å². The van der Waals surface area contributed by atoms with Crippen LogP contribution in [0.2, 0.25) is 0 Å². The standard InChI is InChI=1S/C14H18N2OS.ClH/c1-10-9-14(2,3)16-13(18-10)15-11-5-7-12(17-4)8-6-11;/h5-9H,1-4H3,(H,15,16);1H. The average Bonchev–Trinajstić information content (AvgIpc) is 2.27. The van der Waals surface area contributed by atoms with Gasteiger partial charge in [-0.2, -0.15) is 0 Å². The fraction of sp³-hybridized carbons (Fsp3) is 0.357. The summed E-state index contributed by atoms with van der Waals surface area (Å²) in [7, 11) is 1.67. The number of thioether (sulfide) groups is 1. The molecule has 104 valence electrons. The summed E-state index contributed by atoms with van der Waals surface area (Å²) in [5.74, 6) is 0.857. The highest BCUT2D eigenvalue weighted by atomic mass is 35.5. The first-order valence-electron chi connectivity index (χ1n) is 5.87. The number of benzene rings is 1. The molecule has 1 aromatic carbocycles. The van der Waals surface area contributed by atoms with Gasteiger partial charge in [0.1, 0.15) is 5.75 Å². The number of hydrogen-bond acceptors (Lipinski definition) is 4. The van der Waals surface area contributed by atoms with Gasteiger partial charge in [-0.25, -0.2) is 0 Å². The van der Waals surface area contributed by atoms with E-state index in [0.717, 1.165) is 16.6 Å². The van der Waals surface area contributed by atoms with E-state index in [1.807, 2.05) is 24.3 Å². The third kappa shape index (κ3) is 4.48. The summed E-state index contributed by atoms with van der Waals surface area (Å²) in [6.45, 7) is 6.31. The van der Waals surface area contributed by atoms with E-state index < -0.39 is 0 Å². The molecule has 0 unspecified atom stereocenters. The van der Waals surface area contributed by atoms with Crippen LogP contribution in [-0.2, 0) is 0 Å². The molecule has 0 atom stereocenters. The van der Waals surface area contributed by atoms with Gasteiger partial charge < -0.3 is 10.1 Å². The van der Waals surface area contributed by atoms with Crippen molar-refractivity contribution in [2.24, 2.45) is 4.99 Å². The first-order valence-corrected chi connectivity index (χ1v) is 6.68. The van der Waals surface area contributed by atoms with Crippen LogP contribution in [0.5, 0.6) is 5.75 Å². The van der Waals surface area contributed by atoms with Crippen molar-refractivity contribution in [2.45, 2.75) is 26.3 Å². The van der Waals surface area contributed by atoms with Gasteiger partial charge in [0.2, 0.25) is 0 Å². The highest BCUT2D eigenvalue weighted by Crippen LogP contribution is 2.30. The van der Waals surface area contributed by atoms with E-state index in [-0.39, 0.29) is 17.9 Å². The van der Waals surface area contributed by atoms with E-state index in [1.165, 1.54) is 4.91 Å². The number of nitrogens with one attached hydrogen (secondary N) is 1. The summed E-state index contributed by atoms with van der Waals surface area (Å²) in [6, 6.07) is 7.85. The van der Waals surface area contributed by atoms with Crippen LogP contribution in [0.3, 0.4) is 0 Å². The van der Waals surface area contributed by atoms with Crippen molar-refractivity contribution in [2.75, 3.05) is 12.4 Å². The smallest absolute Gasteiger partial charge is 0.166 e. The molecule has 0 amide bonds. The monoisotopic (exact) mass is 298 g/mol. The Morgan fingerprint density at radius 1 is 1.21 bits per heavy atom. The normalized spacial score (nSPS) is 16.8. The minimum Gasteiger partial charge on any atom is -0.497 e. The second-order valence-electron chi connectivity index (χ2n) is 4.78. The Bertz CT molecular complexity index is 495. The Balaban J connectivity index is 0.00000180. The lowest BCUT2D eigenvalue weighted by Crippen LogP contribution is -2.22. The molecular weight excluding hydrogens is 280 g/mol. The minimum absolute atomic E-state index is 0. The molecule has 19 heavy (non-hydrogen) atoms. The Labute approximate surface area is 124 Å². The fourth-order valence-corrected chi connectivity index (χ4v) is 2.95. The van der Waals surface area contributed by atoms with E-state index in [9.17, 15) is 0 Å². The summed E-state index contributed by atoms with van der Waals surface area (Å²) in [5.41, 5.74) is 0.886. The Hall–Kier alpha value is -1.13. The lowest BCUT2D eigenvalue weighted by molar-refractivity contribution is 0.415. The molecule has 2 rings (SSSR count). The predicted molar refractivity (Wildman–Crippen MR) is 86.7 cm³/mol. The van der Waals surface area contributed by atoms with Gasteiger partial charge in [0.05, 0.1) is 12.6 Å². The molecule has 0 spiro atoms. The third-order valence-electron chi connectivity index (χ3n) is 2.55. The maximum Gasteiger partial charge on any atom is 0.166 e. The van der Waals surface area contributed by atoms with E-state index in [0.29, 0.717) is 0 Å². The zero-order valence-electron chi connectivity index (χ0n) is 11.6. The quantitative estimate of drug-likeness (QED) is 0.883. The van der Waals surface area contributed by atoms with Crippen LogP contribution in [-0.4, -0.2) is 17.8 Å². The average molecular weight is 299 g/mol. The largest absolute Gasteiger partial charge is 0.497 e. The van der Waals surface area contributed by atoms with E-state index in [2.05, 4.69) is 37.2 Å². The van der Waals surface area contributed by atoms with Crippen LogP contribution in [0.1, 0.15) is 20.8 Å². The number of anilines is 1. The number of rotatable bonds is 2. The number of hydrogen-bond donors (Lipinski definition) is 1. The fourth-order valence-electron chi connectivity index (χ4n) is 1.85. The molecule has 0 bridgehead atoms. The number of methoxy groups -OCH3 is 1. The number of halogens is 1. The number of nitrogens with zero attached hydrogens (tertiary/aromatic N) is 1. The maximum absolute atomic E-state index is 5.14. The van der Waals surface area contributed by atoms with Crippen LogP contribution < -0.4 is 10.1 Å². The van der Waals surface area contributed by atoms with E-state index in [1.54, 1.807) is 18.9 Å². The Morgan fingerprint density at radius 3 is 2.37 bits per heavy atom. The van der Waals surface area contributed by atoms with Gasteiger partial charge in [0.15, 0.2) is 5.17 Å². The first-order chi connectivity index (χ1) is 8.48. The molecule has 1 heterocycles. The molecule has 1 aliphatic rings. The van der Waals surface area contributed by atoms with Gasteiger partial charge in [-0.05, 0) is 56.0 Å². The first kappa shape index (κ1) is 15.9. The molecule has 1 aromatic rings. The van der Waals surface area contributed by atoms with Crippen molar-refractivity contribution in [3.8, 4) is 5.75 Å². The highest BCUT2D eigenvalue weighted by Gasteiger charge is 2.20. The zero-order valence-corrected chi connectivity index (χ0v) is 13.2. The molecule has 1 N–H and O–H groups in total. The second-order valence-corrected chi connectivity index (χ2v) is 6.02. The molecule has 0 aliphatic carbocycles. The predicted octanol–water partition coefficient (Wildman–Crippen LogP) is 4.31. The van der Waals surface area contributed by atoms with Crippen LogP contribution in [0, 0.1) is 0 Å². The zero-order chi connectivity index (χ0) is 13.2. The molecule has 3 nitrogen and oxygen atoms in total. The summed E-state index contributed by atoms with van der Waals surface area (Å²) in [6.07, 6.45) is 2.18. The molecule has 0 fully saturated rings. The summed E-state index contributed by atoms with van der Waals surface area (Å²) in [4.78, 5) is 5.93. The van der Waals surface area contributed by atoms with Gasteiger partial charge in [0.25, 0.3) is 0 Å². The molecule has 0 saturated carbocycles. The van der Waals surface area contributed by atoms with Crippen LogP contribution >= 0.6 is 24.2 Å². The summed E-state index contributed by atoms with van der Waals surface area (Å²) < 4.78 is 5.14. The van der Waals surface area contributed by atoms with Crippen molar-refractivity contribution < 1.29 is 4.74 Å². The second kappa shape index (κ2) is 6.35. The molecule has 0 saturated heterocycles. The van der Waals surface area contributed by atoms with Crippen molar-refractivity contribution in [3.05, 3.63) is 35.2 Å². The molecular formula is C14H19ClN2OS. The molecule has 1 aliphatic heterocycles. The summed E-state index contributed by atoms with van der Waals surface area (Å²) in [5, 5.41) is 4.27. The third-order valence-corrected chi connectivity index (χ3v) is 3.37. The van der Waals surface area contributed by atoms with Crippen molar-refractivity contribution in [3.63, 3.8) is 0 Å². The van der Waals surface area contributed by atoms with Crippen LogP contribution in [0.25, 0.3) is 0 Å². The number of aliphatic imine (C=N–C) groups is 1. The number of amidine groups is 1. The van der Waals surface area contributed by atoms with Crippen LogP contribution in [0.15, 0.2) is 40.2 Å². The van der Waals surface area contributed by atoms with Gasteiger partial charge in [-0.15, -0.1) is 12.4 Å². The van der Waals surface area contributed by atoms with Crippen molar-refractivity contribution >= 4 is 35.0 Å². The molecule has 0 radical (unpaired) electrons. The Morgan fingerprint density at radius 2 is 1.84 bits per heavy atom. The SMILES string of the molecule is COc1ccc(NC2=NC(C)(C)C=C(C)S2)cc1.Cl. The van der Waals surface area contributed by atoms with Gasteiger partial charge in [0, 0.05) is 5.69 Å². The molecule has 5 heteroatoms. The summed E-state index contributed by atoms with van der Waals surface area (Å²) >= 11 is 1.66. The number of ether oxygens (including phenoxy) is 1. The van der Waals surface area contributed by atoms with Crippen molar-refractivity contribution in [1.82, 2.24) is 0 Å². The highest BCUT2D eigenvalue weighted by molar-refractivity contribution is 8.17. The lowest BCUT2D eigenvalue weighted by Gasteiger charge is -2.24. The number of allylic oxidation sites excluding steroid dienone is 1. The van der Waals surface area contributed by atoms with Crippen LogP contribution in [0.4, 0.5) is 5.69 Å². The van der Waals surface area contributed by atoms with Crippen molar-refractivity contribution in [1.29, 1.82) is 0 Å². The Kier molecular flexibility index (Phi) is 5.32. The minimum atomic E-state index is -0.135. The van der Waals surface area contributed by atoms with Gasteiger partial charge in [-0.3, -0.25) is 4.99 Å². The maximum atomic E-state index is 5.14. The van der Waals surface area contributed by atoms with Gasteiger partial charge in [-0.1, -0.05) is 11.8 Å².